The molecular weight excluding hydrogens is 405 g/mol. The molecule has 1 aliphatic rings. The van der Waals surface area contributed by atoms with Crippen molar-refractivity contribution in [3.63, 3.8) is 0 Å². The Kier molecular flexibility index (Phi) is 5.62. The number of ketones is 1. The number of methoxy groups -OCH3 is 2. The van der Waals surface area contributed by atoms with Crippen LogP contribution < -0.4 is 20.1 Å². The summed E-state index contributed by atoms with van der Waals surface area (Å²) in [6.45, 7) is 0. The van der Waals surface area contributed by atoms with E-state index in [2.05, 4.69) is 5.32 Å². The maximum atomic E-state index is 13.9. The summed E-state index contributed by atoms with van der Waals surface area (Å²) in [6.07, 6.45) is -5.34. The zero-order chi connectivity index (χ0) is 22.1. The van der Waals surface area contributed by atoms with Crippen LogP contribution in [0.3, 0.4) is 0 Å². The number of urea groups is 1. The first-order valence-electron chi connectivity index (χ1n) is 8.81. The number of benzene rings is 2. The first-order chi connectivity index (χ1) is 14.1. The zero-order valence-corrected chi connectivity index (χ0v) is 16.0. The van der Waals surface area contributed by atoms with Crippen LogP contribution in [0.4, 0.5) is 18.0 Å². The van der Waals surface area contributed by atoms with Crippen molar-refractivity contribution in [2.45, 2.75) is 17.9 Å². The third-order valence-corrected chi connectivity index (χ3v) is 4.92. The molecule has 10 heteroatoms. The summed E-state index contributed by atoms with van der Waals surface area (Å²) in [5, 5.41) is 14.4. The normalized spacial score (nSPS) is 23.9. The second-order valence-corrected chi connectivity index (χ2v) is 6.66. The molecule has 3 N–H and O–H groups in total. The number of nitrogens with one attached hydrogen (secondary N) is 2. The van der Waals surface area contributed by atoms with Gasteiger partial charge in [-0.25, -0.2) is 4.79 Å². The highest BCUT2D eigenvalue weighted by Crippen LogP contribution is 2.46. The van der Waals surface area contributed by atoms with Crippen molar-refractivity contribution in [2.75, 3.05) is 14.2 Å². The Bertz CT molecular complexity index is 951. The number of hydrogen-bond donors (Lipinski definition) is 3. The predicted molar refractivity (Wildman–Crippen MR) is 99.2 cm³/mol. The van der Waals surface area contributed by atoms with E-state index in [4.69, 9.17) is 9.47 Å². The fourth-order valence-corrected chi connectivity index (χ4v) is 3.46. The largest absolute Gasteiger partial charge is 0.497 e. The molecule has 0 unspecified atom stereocenters. The van der Waals surface area contributed by atoms with E-state index in [0.29, 0.717) is 0 Å². The van der Waals surface area contributed by atoms with Crippen molar-refractivity contribution in [2.24, 2.45) is 5.92 Å². The number of carbonyl (C=O) groups is 2. The number of aliphatic hydroxyl groups is 1. The van der Waals surface area contributed by atoms with Crippen molar-refractivity contribution in [3.8, 4) is 11.5 Å². The SMILES string of the molecule is COc1ccc(OC)c([C@@H]2NC(=O)N[C@](O)(C(F)(F)F)[C@H]2C(=O)c2ccccc2)c1. The summed E-state index contributed by atoms with van der Waals surface area (Å²) in [5.41, 5.74) is -3.83. The van der Waals surface area contributed by atoms with Gasteiger partial charge in [-0.2, -0.15) is 13.2 Å². The average Bonchev–Trinajstić information content (AvgIpc) is 2.72. The molecule has 160 valence electrons. The number of hydrogen-bond acceptors (Lipinski definition) is 5. The standard InChI is InChI=1S/C20H19F3N2O5/c1-29-12-8-9-14(30-2)13(10-12)16-15(17(26)11-6-4-3-5-7-11)19(28,20(21,22)23)25-18(27)24-16/h3-10,15-16,28H,1-2H3,(H2,24,25,27)/t15-,16+,19-/m1/s1. The molecule has 0 spiro atoms. The predicted octanol–water partition coefficient (Wildman–Crippen LogP) is 2.81. The van der Waals surface area contributed by atoms with Crippen molar-refractivity contribution in [1.82, 2.24) is 10.6 Å². The Morgan fingerprint density at radius 2 is 1.77 bits per heavy atom. The van der Waals surface area contributed by atoms with Gasteiger partial charge in [0, 0.05) is 11.1 Å². The number of alkyl halides is 3. The molecule has 0 aromatic heterocycles. The van der Waals surface area contributed by atoms with Crippen LogP contribution >= 0.6 is 0 Å². The first kappa shape index (κ1) is 21.4. The van der Waals surface area contributed by atoms with Gasteiger partial charge in [0.15, 0.2) is 5.78 Å². The van der Waals surface area contributed by atoms with Crippen molar-refractivity contribution < 1.29 is 37.3 Å². The van der Waals surface area contributed by atoms with E-state index in [0.717, 1.165) is 0 Å². The highest BCUT2D eigenvalue weighted by Gasteiger charge is 2.66. The second-order valence-electron chi connectivity index (χ2n) is 6.66. The number of ether oxygens (including phenoxy) is 2. The van der Waals surface area contributed by atoms with Gasteiger partial charge in [-0.3, -0.25) is 4.79 Å². The van der Waals surface area contributed by atoms with Gasteiger partial charge in [0.05, 0.1) is 20.3 Å². The molecule has 0 bridgehead atoms. The molecule has 1 fully saturated rings. The lowest BCUT2D eigenvalue weighted by molar-refractivity contribution is -0.287. The summed E-state index contributed by atoms with van der Waals surface area (Å²) in [5.74, 6) is -2.80. The van der Waals surface area contributed by atoms with Gasteiger partial charge >= 0.3 is 12.2 Å². The van der Waals surface area contributed by atoms with Crippen molar-refractivity contribution in [3.05, 3.63) is 59.7 Å². The van der Waals surface area contributed by atoms with Gasteiger partial charge < -0.3 is 25.2 Å². The van der Waals surface area contributed by atoms with Crippen LogP contribution in [0.25, 0.3) is 0 Å². The number of Topliss-reactive ketones (excluding diaryl/α,β-unsaturated/α-hetero) is 1. The van der Waals surface area contributed by atoms with Crippen LogP contribution in [0, 0.1) is 5.92 Å². The first-order valence-corrected chi connectivity index (χ1v) is 8.81. The van der Waals surface area contributed by atoms with E-state index in [-0.39, 0.29) is 22.6 Å². The molecule has 1 saturated heterocycles. The highest BCUT2D eigenvalue weighted by molar-refractivity contribution is 6.00. The van der Waals surface area contributed by atoms with E-state index < -0.39 is 35.7 Å². The van der Waals surface area contributed by atoms with Crippen LogP contribution in [-0.2, 0) is 0 Å². The Balaban J connectivity index is 2.23. The third kappa shape index (κ3) is 3.65. The average molecular weight is 424 g/mol. The van der Waals surface area contributed by atoms with Crippen LogP contribution in [-0.4, -0.2) is 43.0 Å². The third-order valence-electron chi connectivity index (χ3n) is 4.92. The maximum absolute atomic E-state index is 13.9. The Hall–Kier alpha value is -3.27. The zero-order valence-electron chi connectivity index (χ0n) is 16.0. The summed E-state index contributed by atoms with van der Waals surface area (Å²) >= 11 is 0. The molecule has 30 heavy (non-hydrogen) atoms. The lowest BCUT2D eigenvalue weighted by atomic mass is 9.77. The van der Waals surface area contributed by atoms with Gasteiger partial charge in [0.2, 0.25) is 5.72 Å². The minimum absolute atomic E-state index is 0.0451. The van der Waals surface area contributed by atoms with Crippen LogP contribution in [0.2, 0.25) is 0 Å². The van der Waals surface area contributed by atoms with Gasteiger partial charge in [0.1, 0.15) is 17.4 Å². The fraction of sp³-hybridized carbons (Fsp3) is 0.300. The Morgan fingerprint density at radius 1 is 1.10 bits per heavy atom. The molecule has 0 aliphatic carbocycles. The monoisotopic (exact) mass is 424 g/mol. The van der Waals surface area contributed by atoms with Gasteiger partial charge in [-0.15, -0.1) is 0 Å². The molecule has 2 aromatic carbocycles. The van der Waals surface area contributed by atoms with Crippen molar-refractivity contribution in [1.29, 1.82) is 0 Å². The lowest BCUT2D eigenvalue weighted by Crippen LogP contribution is -2.72. The van der Waals surface area contributed by atoms with Crippen LogP contribution in [0.1, 0.15) is 22.0 Å². The smallest absolute Gasteiger partial charge is 0.437 e. The molecule has 0 radical (unpaired) electrons. The van der Waals surface area contributed by atoms with E-state index >= 15 is 0 Å². The van der Waals surface area contributed by atoms with Crippen LogP contribution in [0.15, 0.2) is 48.5 Å². The molecule has 1 aliphatic heterocycles. The topological polar surface area (TPSA) is 96.9 Å². The summed E-state index contributed by atoms with van der Waals surface area (Å²) < 4.78 is 52.2. The summed E-state index contributed by atoms with van der Waals surface area (Å²) in [4.78, 5) is 25.3. The van der Waals surface area contributed by atoms with E-state index in [1.807, 2.05) is 0 Å². The lowest BCUT2D eigenvalue weighted by Gasteiger charge is -2.45. The van der Waals surface area contributed by atoms with E-state index in [1.165, 1.54) is 62.0 Å². The molecule has 3 atom stereocenters. The molecule has 1 heterocycles. The van der Waals surface area contributed by atoms with Crippen LogP contribution in [0.5, 0.6) is 11.5 Å². The van der Waals surface area contributed by atoms with Gasteiger partial charge in [-0.1, -0.05) is 30.3 Å². The molecule has 3 rings (SSSR count). The Labute approximate surface area is 169 Å². The fourth-order valence-electron chi connectivity index (χ4n) is 3.46. The minimum Gasteiger partial charge on any atom is -0.497 e. The second kappa shape index (κ2) is 7.86. The molecule has 0 saturated carbocycles. The number of amides is 2. The van der Waals surface area contributed by atoms with Crippen molar-refractivity contribution >= 4 is 11.8 Å². The highest BCUT2D eigenvalue weighted by atomic mass is 19.4. The van der Waals surface area contributed by atoms with Gasteiger partial charge in [0.25, 0.3) is 0 Å². The number of rotatable bonds is 5. The summed E-state index contributed by atoms with van der Waals surface area (Å²) in [7, 11) is 2.64. The minimum atomic E-state index is -5.34. The molecule has 2 aromatic rings. The quantitative estimate of drug-likeness (QED) is 0.642. The maximum Gasteiger partial charge on any atom is 0.437 e. The Morgan fingerprint density at radius 3 is 2.33 bits per heavy atom. The van der Waals surface area contributed by atoms with E-state index in [1.54, 1.807) is 6.07 Å². The van der Waals surface area contributed by atoms with E-state index in [9.17, 15) is 27.9 Å². The number of carbonyl (C=O) groups excluding carboxylic acids is 2. The molecular formula is C20H19F3N2O5. The summed E-state index contributed by atoms with van der Waals surface area (Å²) in [6, 6.07) is 8.64. The number of halogens is 3. The van der Waals surface area contributed by atoms with Gasteiger partial charge in [-0.05, 0) is 18.2 Å². The molecule has 7 nitrogen and oxygen atoms in total. The molecule has 2 amide bonds.